The zero-order chi connectivity index (χ0) is 12.4. The zero-order valence-electron chi connectivity index (χ0n) is 12.0. The summed E-state index contributed by atoms with van der Waals surface area (Å²) in [5.41, 5.74) is 0. The summed E-state index contributed by atoms with van der Waals surface area (Å²) in [6, 6.07) is 2.64. The van der Waals surface area contributed by atoms with Gasteiger partial charge in [0, 0.05) is 24.7 Å². The molecule has 3 rings (SSSR count). The van der Waals surface area contributed by atoms with Gasteiger partial charge in [0.2, 0.25) is 0 Å². The molecule has 0 aromatic heterocycles. The lowest BCUT2D eigenvalue weighted by molar-refractivity contribution is 0.109. The molecule has 0 aromatic carbocycles. The van der Waals surface area contributed by atoms with Gasteiger partial charge in [0.15, 0.2) is 0 Å². The Balaban J connectivity index is 1.56. The summed E-state index contributed by atoms with van der Waals surface area (Å²) in [4.78, 5) is 2.90. The van der Waals surface area contributed by atoms with Gasteiger partial charge < -0.3 is 5.32 Å². The minimum absolute atomic E-state index is 0.789. The van der Waals surface area contributed by atoms with E-state index < -0.39 is 0 Å². The van der Waals surface area contributed by atoms with E-state index in [1.165, 1.54) is 70.9 Å². The van der Waals surface area contributed by atoms with Gasteiger partial charge in [-0.15, -0.1) is 0 Å². The standard InChI is InChI=1S/C16H30N2/c1-13-5-4-7-16(11-13)18(15-8-9-15)12-14-6-2-3-10-17-14/h13-17H,2-12H2,1H3. The van der Waals surface area contributed by atoms with Crippen LogP contribution in [0.25, 0.3) is 0 Å². The Morgan fingerprint density at radius 1 is 0.944 bits per heavy atom. The van der Waals surface area contributed by atoms with Crippen LogP contribution in [0.5, 0.6) is 0 Å². The molecule has 1 heterocycles. The number of hydrogen-bond donors (Lipinski definition) is 1. The number of nitrogens with one attached hydrogen (secondary N) is 1. The molecule has 1 N–H and O–H groups in total. The number of hydrogen-bond acceptors (Lipinski definition) is 2. The largest absolute Gasteiger partial charge is 0.313 e. The van der Waals surface area contributed by atoms with Crippen molar-refractivity contribution >= 4 is 0 Å². The van der Waals surface area contributed by atoms with E-state index in [1.54, 1.807) is 0 Å². The number of piperidine rings is 1. The van der Waals surface area contributed by atoms with Crippen LogP contribution in [-0.4, -0.2) is 36.1 Å². The molecule has 2 saturated carbocycles. The fourth-order valence-corrected chi connectivity index (χ4v) is 4.04. The maximum atomic E-state index is 3.74. The van der Waals surface area contributed by atoms with Crippen LogP contribution in [0.1, 0.15) is 64.7 Å². The Hall–Kier alpha value is -0.0800. The van der Waals surface area contributed by atoms with Gasteiger partial charge in [-0.3, -0.25) is 4.90 Å². The third-order valence-electron chi connectivity index (χ3n) is 5.24. The lowest BCUT2D eigenvalue weighted by Crippen LogP contribution is -2.49. The smallest absolute Gasteiger partial charge is 0.0195 e. The van der Waals surface area contributed by atoms with Gasteiger partial charge >= 0.3 is 0 Å². The molecule has 18 heavy (non-hydrogen) atoms. The molecule has 0 radical (unpaired) electrons. The van der Waals surface area contributed by atoms with E-state index in [4.69, 9.17) is 0 Å². The van der Waals surface area contributed by atoms with E-state index in [0.717, 1.165) is 24.0 Å². The van der Waals surface area contributed by atoms with Crippen LogP contribution in [0.3, 0.4) is 0 Å². The topological polar surface area (TPSA) is 15.3 Å². The van der Waals surface area contributed by atoms with E-state index in [9.17, 15) is 0 Å². The van der Waals surface area contributed by atoms with E-state index in [0.29, 0.717) is 0 Å². The van der Waals surface area contributed by atoms with E-state index in [2.05, 4.69) is 17.1 Å². The second-order valence-electron chi connectivity index (χ2n) is 7.00. The summed E-state index contributed by atoms with van der Waals surface area (Å²) in [5, 5.41) is 3.74. The van der Waals surface area contributed by atoms with Crippen molar-refractivity contribution in [1.29, 1.82) is 0 Å². The fraction of sp³-hybridized carbons (Fsp3) is 1.00. The maximum Gasteiger partial charge on any atom is 0.0195 e. The summed E-state index contributed by atoms with van der Waals surface area (Å²) in [6.07, 6.45) is 13.0. The molecule has 3 atom stereocenters. The number of nitrogens with zero attached hydrogens (tertiary/aromatic N) is 1. The third-order valence-corrected chi connectivity index (χ3v) is 5.24. The minimum Gasteiger partial charge on any atom is -0.313 e. The highest BCUT2D eigenvalue weighted by Gasteiger charge is 2.36. The van der Waals surface area contributed by atoms with Gasteiger partial charge in [0.1, 0.15) is 0 Å². The average Bonchev–Trinajstić information content (AvgIpc) is 3.21. The predicted molar refractivity (Wildman–Crippen MR) is 76.8 cm³/mol. The van der Waals surface area contributed by atoms with Gasteiger partial charge in [-0.1, -0.05) is 26.2 Å². The lowest BCUT2D eigenvalue weighted by Gasteiger charge is -2.39. The van der Waals surface area contributed by atoms with E-state index in [1.807, 2.05) is 0 Å². The highest BCUT2D eigenvalue weighted by Crippen LogP contribution is 2.35. The molecule has 104 valence electrons. The van der Waals surface area contributed by atoms with Crippen LogP contribution in [0.2, 0.25) is 0 Å². The Kier molecular flexibility index (Phi) is 4.25. The Labute approximate surface area is 113 Å². The highest BCUT2D eigenvalue weighted by molar-refractivity contribution is 4.93. The first kappa shape index (κ1) is 12.9. The summed E-state index contributed by atoms with van der Waals surface area (Å²) in [6.45, 7) is 5.04. The molecule has 0 bridgehead atoms. The highest BCUT2D eigenvalue weighted by atomic mass is 15.2. The van der Waals surface area contributed by atoms with Crippen molar-refractivity contribution in [2.75, 3.05) is 13.1 Å². The molecule has 0 aromatic rings. The van der Waals surface area contributed by atoms with Crippen LogP contribution < -0.4 is 5.32 Å². The maximum absolute atomic E-state index is 3.74. The van der Waals surface area contributed by atoms with Crippen molar-refractivity contribution in [3.05, 3.63) is 0 Å². The van der Waals surface area contributed by atoms with Crippen molar-refractivity contribution < 1.29 is 0 Å². The van der Waals surface area contributed by atoms with Crippen molar-refractivity contribution in [3.63, 3.8) is 0 Å². The second-order valence-corrected chi connectivity index (χ2v) is 7.00. The first-order valence-electron chi connectivity index (χ1n) is 8.32. The van der Waals surface area contributed by atoms with Crippen LogP contribution in [0, 0.1) is 5.92 Å². The Bertz CT molecular complexity index is 256. The predicted octanol–water partition coefficient (Wildman–Crippen LogP) is 3.17. The molecule has 3 aliphatic rings. The Morgan fingerprint density at radius 2 is 1.83 bits per heavy atom. The van der Waals surface area contributed by atoms with Gasteiger partial charge in [0.05, 0.1) is 0 Å². The Morgan fingerprint density at radius 3 is 2.50 bits per heavy atom. The number of rotatable bonds is 4. The van der Waals surface area contributed by atoms with Crippen LogP contribution in [0.4, 0.5) is 0 Å². The monoisotopic (exact) mass is 250 g/mol. The average molecular weight is 250 g/mol. The molecule has 2 heteroatoms. The van der Waals surface area contributed by atoms with E-state index in [-0.39, 0.29) is 0 Å². The second kappa shape index (κ2) is 5.92. The molecule has 2 nitrogen and oxygen atoms in total. The van der Waals surface area contributed by atoms with Crippen molar-refractivity contribution in [2.45, 2.75) is 82.8 Å². The van der Waals surface area contributed by atoms with Gasteiger partial charge in [-0.2, -0.15) is 0 Å². The summed E-state index contributed by atoms with van der Waals surface area (Å²) >= 11 is 0. The van der Waals surface area contributed by atoms with Crippen molar-refractivity contribution in [2.24, 2.45) is 5.92 Å². The molecular formula is C16H30N2. The summed E-state index contributed by atoms with van der Waals surface area (Å²) in [5.74, 6) is 0.962. The van der Waals surface area contributed by atoms with Crippen molar-refractivity contribution in [1.82, 2.24) is 10.2 Å². The van der Waals surface area contributed by atoms with Crippen LogP contribution in [-0.2, 0) is 0 Å². The first-order valence-corrected chi connectivity index (χ1v) is 8.32. The lowest BCUT2D eigenvalue weighted by atomic mass is 9.85. The molecular weight excluding hydrogens is 220 g/mol. The molecule has 0 amide bonds. The van der Waals surface area contributed by atoms with E-state index >= 15 is 0 Å². The fourth-order valence-electron chi connectivity index (χ4n) is 4.04. The molecule has 2 aliphatic carbocycles. The van der Waals surface area contributed by atoms with Gasteiger partial charge in [-0.25, -0.2) is 0 Å². The molecule has 1 aliphatic heterocycles. The molecule has 3 fully saturated rings. The molecule has 0 spiro atoms. The quantitative estimate of drug-likeness (QED) is 0.824. The molecule has 1 saturated heterocycles. The molecule has 3 unspecified atom stereocenters. The normalized spacial score (nSPS) is 38.0. The third kappa shape index (κ3) is 3.27. The van der Waals surface area contributed by atoms with Crippen LogP contribution >= 0.6 is 0 Å². The summed E-state index contributed by atoms with van der Waals surface area (Å²) < 4.78 is 0. The minimum atomic E-state index is 0.789. The van der Waals surface area contributed by atoms with Gasteiger partial charge in [-0.05, 0) is 51.0 Å². The first-order chi connectivity index (χ1) is 8.83. The SMILES string of the molecule is CC1CCCC(N(CC2CCCCN2)C2CC2)C1. The zero-order valence-corrected chi connectivity index (χ0v) is 12.0. The van der Waals surface area contributed by atoms with Gasteiger partial charge in [0.25, 0.3) is 0 Å². The van der Waals surface area contributed by atoms with Crippen molar-refractivity contribution in [3.8, 4) is 0 Å². The van der Waals surface area contributed by atoms with Crippen LogP contribution in [0.15, 0.2) is 0 Å². The summed E-state index contributed by atoms with van der Waals surface area (Å²) in [7, 11) is 0.